The molecule has 1 aromatic carbocycles. The summed E-state index contributed by atoms with van der Waals surface area (Å²) in [4.78, 5) is 27.7. The third-order valence-corrected chi connectivity index (χ3v) is 5.10. The number of hydrogen-bond acceptors (Lipinski definition) is 3. The molecule has 0 spiro atoms. The fourth-order valence-corrected chi connectivity index (χ4v) is 3.87. The Bertz CT molecular complexity index is 577. The lowest BCUT2D eigenvalue weighted by atomic mass is 9.89. The smallest absolute Gasteiger partial charge is 0.315 e. The number of likely N-dealkylation sites (tertiary alicyclic amines) is 2. The summed E-state index contributed by atoms with van der Waals surface area (Å²) in [6, 6.07) is 9.29. The molecule has 0 aromatic heterocycles. The minimum atomic E-state index is -0.505. The molecule has 2 aliphatic heterocycles. The lowest BCUT2D eigenvalue weighted by molar-refractivity contribution is -0.134. The fourth-order valence-electron chi connectivity index (χ4n) is 3.87. The number of urea groups is 1. The summed E-state index contributed by atoms with van der Waals surface area (Å²) in [6.07, 6.45) is 1.52. The molecule has 6 heteroatoms. The van der Waals surface area contributed by atoms with Gasteiger partial charge >= 0.3 is 6.03 Å². The van der Waals surface area contributed by atoms with Gasteiger partial charge in [-0.05, 0) is 30.9 Å². The average molecular weight is 316 g/mol. The van der Waals surface area contributed by atoms with Crippen LogP contribution in [0.25, 0.3) is 0 Å². The zero-order chi connectivity index (χ0) is 16.4. The molecule has 0 radical (unpaired) electrons. The van der Waals surface area contributed by atoms with Gasteiger partial charge in [0.2, 0.25) is 5.91 Å². The molecule has 124 valence electrons. The summed E-state index contributed by atoms with van der Waals surface area (Å²) in [5.41, 5.74) is 12.5. The van der Waals surface area contributed by atoms with E-state index in [1.807, 2.05) is 23.1 Å². The molecule has 1 aromatic rings. The number of rotatable bonds is 3. The van der Waals surface area contributed by atoms with Crippen LogP contribution in [0.4, 0.5) is 4.79 Å². The second-order valence-electron chi connectivity index (χ2n) is 6.45. The molecule has 6 nitrogen and oxygen atoms in total. The quantitative estimate of drug-likeness (QED) is 0.861. The van der Waals surface area contributed by atoms with E-state index in [-0.39, 0.29) is 17.7 Å². The molecule has 3 amide bonds. The third-order valence-electron chi connectivity index (χ3n) is 5.10. The number of primary amides is 1. The molecule has 2 saturated heterocycles. The second kappa shape index (κ2) is 6.58. The van der Waals surface area contributed by atoms with Gasteiger partial charge in [0.15, 0.2) is 0 Å². The number of carbonyl (C=O) groups excluding carboxylic acids is 2. The van der Waals surface area contributed by atoms with Crippen LogP contribution in [0.15, 0.2) is 30.3 Å². The maximum absolute atomic E-state index is 12.8. The van der Waals surface area contributed by atoms with Crippen molar-refractivity contribution in [2.24, 2.45) is 17.4 Å². The topological polar surface area (TPSA) is 92.7 Å². The first kappa shape index (κ1) is 15.8. The van der Waals surface area contributed by atoms with Crippen molar-refractivity contribution in [1.29, 1.82) is 0 Å². The third kappa shape index (κ3) is 3.03. The van der Waals surface area contributed by atoms with E-state index in [2.05, 4.69) is 12.1 Å². The molecular formula is C17H24N4O2. The van der Waals surface area contributed by atoms with Crippen LogP contribution in [0.2, 0.25) is 0 Å². The number of amides is 3. The van der Waals surface area contributed by atoms with Gasteiger partial charge in [-0.1, -0.05) is 30.3 Å². The molecular weight excluding hydrogens is 292 g/mol. The molecule has 0 aliphatic carbocycles. The van der Waals surface area contributed by atoms with Gasteiger partial charge in [-0.3, -0.25) is 4.79 Å². The predicted octanol–water partition coefficient (Wildman–Crippen LogP) is 0.730. The van der Waals surface area contributed by atoms with Gasteiger partial charge in [0, 0.05) is 25.6 Å². The van der Waals surface area contributed by atoms with E-state index in [0.29, 0.717) is 32.6 Å². The highest BCUT2D eigenvalue weighted by Crippen LogP contribution is 2.33. The van der Waals surface area contributed by atoms with Gasteiger partial charge in [-0.15, -0.1) is 0 Å². The Labute approximate surface area is 136 Å². The molecule has 0 saturated carbocycles. The van der Waals surface area contributed by atoms with Crippen molar-refractivity contribution < 1.29 is 9.59 Å². The lowest BCUT2D eigenvalue weighted by Gasteiger charge is -2.26. The summed E-state index contributed by atoms with van der Waals surface area (Å²) in [5, 5.41) is 0. The predicted molar refractivity (Wildman–Crippen MR) is 87.6 cm³/mol. The normalized spacial score (nSPS) is 27.4. The summed E-state index contributed by atoms with van der Waals surface area (Å²) >= 11 is 0. The number of hydrogen-bond donors (Lipinski definition) is 2. The largest absolute Gasteiger partial charge is 0.351 e. The van der Waals surface area contributed by atoms with Crippen LogP contribution in [0.5, 0.6) is 0 Å². The van der Waals surface area contributed by atoms with Crippen LogP contribution >= 0.6 is 0 Å². The van der Waals surface area contributed by atoms with Crippen molar-refractivity contribution in [2.45, 2.75) is 24.8 Å². The van der Waals surface area contributed by atoms with Gasteiger partial charge in [-0.25, -0.2) is 4.79 Å². The Morgan fingerprint density at radius 1 is 1.17 bits per heavy atom. The van der Waals surface area contributed by atoms with E-state index < -0.39 is 12.1 Å². The molecule has 2 heterocycles. The first-order chi connectivity index (χ1) is 11.1. The Balaban J connectivity index is 1.74. The molecule has 2 fully saturated rings. The minimum absolute atomic E-state index is 0.0122. The standard InChI is InChI=1S/C17H24N4O2/c18-9-13-10-20(11-14(13)12-5-2-1-3-6-12)16(22)15-7-4-8-21(15)17(19)23/h1-3,5-6,13-15H,4,7-11,18H2,(H2,19,23)/t13-,14+,15+/m1/s1. The van der Waals surface area contributed by atoms with Crippen LogP contribution in [0, 0.1) is 5.92 Å². The SMILES string of the molecule is NC[C@@H]1CN(C(=O)[C@@H]2CCCN2C(N)=O)C[C@H]1c1ccccc1. The number of nitrogens with two attached hydrogens (primary N) is 2. The van der Waals surface area contributed by atoms with E-state index in [0.717, 1.165) is 6.42 Å². The van der Waals surface area contributed by atoms with Gasteiger partial charge in [-0.2, -0.15) is 0 Å². The summed E-state index contributed by atoms with van der Waals surface area (Å²) in [6.45, 7) is 2.43. The van der Waals surface area contributed by atoms with E-state index in [9.17, 15) is 9.59 Å². The first-order valence-electron chi connectivity index (χ1n) is 8.21. The van der Waals surface area contributed by atoms with Gasteiger partial charge in [0.05, 0.1) is 0 Å². The Kier molecular flexibility index (Phi) is 4.52. The lowest BCUT2D eigenvalue weighted by Crippen LogP contribution is -2.49. The molecule has 4 N–H and O–H groups in total. The van der Waals surface area contributed by atoms with Crippen molar-refractivity contribution >= 4 is 11.9 Å². The van der Waals surface area contributed by atoms with E-state index in [4.69, 9.17) is 11.5 Å². The van der Waals surface area contributed by atoms with Crippen LogP contribution in [-0.2, 0) is 4.79 Å². The van der Waals surface area contributed by atoms with Crippen molar-refractivity contribution in [3.63, 3.8) is 0 Å². The van der Waals surface area contributed by atoms with Crippen LogP contribution < -0.4 is 11.5 Å². The Morgan fingerprint density at radius 2 is 1.91 bits per heavy atom. The second-order valence-corrected chi connectivity index (χ2v) is 6.45. The van der Waals surface area contributed by atoms with Crippen LogP contribution in [0.1, 0.15) is 24.3 Å². The zero-order valence-electron chi connectivity index (χ0n) is 13.2. The van der Waals surface area contributed by atoms with Gasteiger partial charge < -0.3 is 21.3 Å². The van der Waals surface area contributed by atoms with Crippen molar-refractivity contribution in [3.05, 3.63) is 35.9 Å². The maximum Gasteiger partial charge on any atom is 0.315 e. The summed E-state index contributed by atoms with van der Waals surface area (Å²) in [7, 11) is 0. The van der Waals surface area contributed by atoms with Gasteiger partial charge in [0.25, 0.3) is 0 Å². The average Bonchev–Trinajstić information content (AvgIpc) is 3.22. The highest BCUT2D eigenvalue weighted by molar-refractivity contribution is 5.87. The van der Waals surface area contributed by atoms with Crippen molar-refractivity contribution in [2.75, 3.05) is 26.2 Å². The monoisotopic (exact) mass is 316 g/mol. The molecule has 3 rings (SSSR count). The molecule has 0 bridgehead atoms. The van der Waals surface area contributed by atoms with E-state index in [1.165, 1.54) is 10.5 Å². The molecule has 2 aliphatic rings. The fraction of sp³-hybridized carbons (Fsp3) is 0.529. The Morgan fingerprint density at radius 3 is 2.57 bits per heavy atom. The number of carbonyl (C=O) groups is 2. The van der Waals surface area contributed by atoms with Crippen molar-refractivity contribution in [3.8, 4) is 0 Å². The Hall–Kier alpha value is -2.08. The van der Waals surface area contributed by atoms with Crippen LogP contribution in [-0.4, -0.2) is 54.0 Å². The number of nitrogens with zero attached hydrogens (tertiary/aromatic N) is 2. The summed E-state index contributed by atoms with van der Waals surface area (Å²) < 4.78 is 0. The first-order valence-corrected chi connectivity index (χ1v) is 8.21. The van der Waals surface area contributed by atoms with E-state index >= 15 is 0 Å². The van der Waals surface area contributed by atoms with Crippen molar-refractivity contribution in [1.82, 2.24) is 9.80 Å². The highest BCUT2D eigenvalue weighted by atomic mass is 16.2. The van der Waals surface area contributed by atoms with Gasteiger partial charge in [0.1, 0.15) is 6.04 Å². The summed E-state index contributed by atoms with van der Waals surface area (Å²) in [5.74, 6) is 0.525. The highest BCUT2D eigenvalue weighted by Gasteiger charge is 2.41. The van der Waals surface area contributed by atoms with Crippen LogP contribution in [0.3, 0.4) is 0 Å². The zero-order valence-corrected chi connectivity index (χ0v) is 13.2. The maximum atomic E-state index is 12.8. The molecule has 3 atom stereocenters. The number of benzene rings is 1. The minimum Gasteiger partial charge on any atom is -0.351 e. The molecule has 0 unspecified atom stereocenters. The molecule has 23 heavy (non-hydrogen) atoms. The van der Waals surface area contributed by atoms with E-state index in [1.54, 1.807) is 0 Å².